The van der Waals surface area contributed by atoms with Crippen LogP contribution in [0, 0.1) is 0 Å². The molecule has 1 N–H and O–H groups in total. The van der Waals surface area contributed by atoms with Crippen LogP contribution in [0.4, 0.5) is 0 Å². The maximum Gasteiger partial charge on any atom is 0.220 e. The predicted molar refractivity (Wildman–Crippen MR) is 88.9 cm³/mol. The molecule has 0 rings (SSSR count). The molecule has 0 aliphatic heterocycles. The third-order valence-corrected chi connectivity index (χ3v) is 3.59. The second-order valence-corrected chi connectivity index (χ2v) is 6.02. The standard InChI is InChI=1S/C18H35NO/c1-4-5-6-7-8-9-10-11-12-13-14-15-18(20)19-16-17(2)3/h2,4-16H2,1,3H3,(H,19,20). The Labute approximate surface area is 126 Å². The van der Waals surface area contributed by atoms with E-state index in [9.17, 15) is 4.79 Å². The highest BCUT2D eigenvalue weighted by atomic mass is 16.1. The summed E-state index contributed by atoms with van der Waals surface area (Å²) in [4.78, 5) is 11.5. The van der Waals surface area contributed by atoms with Crippen molar-refractivity contribution in [3.63, 3.8) is 0 Å². The Morgan fingerprint density at radius 3 is 1.75 bits per heavy atom. The first-order chi connectivity index (χ1) is 9.66. The Balaban J connectivity index is 3.12. The van der Waals surface area contributed by atoms with Crippen molar-refractivity contribution in [3.05, 3.63) is 12.2 Å². The van der Waals surface area contributed by atoms with Crippen LogP contribution < -0.4 is 5.32 Å². The molecule has 118 valence electrons. The van der Waals surface area contributed by atoms with E-state index in [2.05, 4.69) is 18.8 Å². The van der Waals surface area contributed by atoms with Gasteiger partial charge in [0.2, 0.25) is 5.91 Å². The van der Waals surface area contributed by atoms with Gasteiger partial charge in [0, 0.05) is 13.0 Å². The van der Waals surface area contributed by atoms with Crippen LogP contribution in [-0.2, 0) is 4.79 Å². The van der Waals surface area contributed by atoms with Gasteiger partial charge >= 0.3 is 0 Å². The van der Waals surface area contributed by atoms with E-state index < -0.39 is 0 Å². The van der Waals surface area contributed by atoms with Crippen molar-refractivity contribution in [2.75, 3.05) is 6.54 Å². The third kappa shape index (κ3) is 15.3. The number of hydrogen-bond acceptors (Lipinski definition) is 1. The average molecular weight is 281 g/mol. The van der Waals surface area contributed by atoms with Crippen LogP contribution in [0.25, 0.3) is 0 Å². The molecule has 0 bridgehead atoms. The summed E-state index contributed by atoms with van der Waals surface area (Å²) in [7, 11) is 0. The van der Waals surface area contributed by atoms with Crippen LogP contribution in [-0.4, -0.2) is 12.5 Å². The number of carbonyl (C=O) groups is 1. The molecule has 2 nitrogen and oxygen atoms in total. The highest BCUT2D eigenvalue weighted by molar-refractivity contribution is 5.76. The zero-order chi connectivity index (χ0) is 15.1. The molecule has 0 saturated carbocycles. The van der Waals surface area contributed by atoms with Crippen molar-refractivity contribution in [1.29, 1.82) is 0 Å². The number of carbonyl (C=O) groups excluding carboxylic acids is 1. The van der Waals surface area contributed by atoms with Gasteiger partial charge in [0.25, 0.3) is 0 Å². The molecule has 0 saturated heterocycles. The first-order valence-electron chi connectivity index (χ1n) is 8.58. The van der Waals surface area contributed by atoms with Gasteiger partial charge in [-0.15, -0.1) is 0 Å². The summed E-state index contributed by atoms with van der Waals surface area (Å²) in [6, 6.07) is 0. The Hall–Kier alpha value is -0.790. The largest absolute Gasteiger partial charge is 0.352 e. The Morgan fingerprint density at radius 1 is 0.850 bits per heavy atom. The Morgan fingerprint density at radius 2 is 1.30 bits per heavy atom. The lowest BCUT2D eigenvalue weighted by molar-refractivity contribution is -0.121. The zero-order valence-corrected chi connectivity index (χ0v) is 13.8. The lowest BCUT2D eigenvalue weighted by Crippen LogP contribution is -2.24. The Bertz CT molecular complexity index is 248. The molecule has 0 aliphatic carbocycles. The van der Waals surface area contributed by atoms with Gasteiger partial charge in [0.15, 0.2) is 0 Å². The fourth-order valence-corrected chi connectivity index (χ4v) is 2.29. The van der Waals surface area contributed by atoms with Crippen LogP contribution in [0.2, 0.25) is 0 Å². The number of amides is 1. The minimum Gasteiger partial charge on any atom is -0.352 e. The van der Waals surface area contributed by atoms with Crippen LogP contribution in [0.5, 0.6) is 0 Å². The normalized spacial score (nSPS) is 10.5. The smallest absolute Gasteiger partial charge is 0.220 e. The molecule has 0 aliphatic rings. The second kappa shape index (κ2) is 14.6. The summed E-state index contributed by atoms with van der Waals surface area (Å²) in [6.45, 7) is 8.59. The number of rotatable bonds is 14. The summed E-state index contributed by atoms with van der Waals surface area (Å²) in [5.74, 6) is 0.170. The highest BCUT2D eigenvalue weighted by Gasteiger charge is 2.00. The first-order valence-corrected chi connectivity index (χ1v) is 8.58. The molecule has 0 fully saturated rings. The van der Waals surface area contributed by atoms with Gasteiger partial charge in [-0.2, -0.15) is 0 Å². The molecular formula is C18H35NO. The van der Waals surface area contributed by atoms with Crippen molar-refractivity contribution < 1.29 is 4.79 Å². The van der Waals surface area contributed by atoms with Gasteiger partial charge < -0.3 is 5.32 Å². The van der Waals surface area contributed by atoms with Crippen LogP contribution in [0.15, 0.2) is 12.2 Å². The number of unbranched alkanes of at least 4 members (excludes halogenated alkanes) is 10. The third-order valence-electron chi connectivity index (χ3n) is 3.59. The van der Waals surface area contributed by atoms with Gasteiger partial charge in [-0.1, -0.05) is 83.3 Å². The lowest BCUT2D eigenvalue weighted by Gasteiger charge is -2.05. The molecule has 2 heteroatoms. The van der Waals surface area contributed by atoms with Crippen molar-refractivity contribution in [2.24, 2.45) is 0 Å². The quantitative estimate of drug-likeness (QED) is 0.336. The van der Waals surface area contributed by atoms with Crippen molar-refractivity contribution >= 4 is 5.91 Å². The van der Waals surface area contributed by atoms with Crippen LogP contribution in [0.1, 0.15) is 90.9 Å². The maximum absolute atomic E-state index is 11.5. The van der Waals surface area contributed by atoms with E-state index >= 15 is 0 Å². The molecule has 1 amide bonds. The molecule has 0 atom stereocenters. The van der Waals surface area contributed by atoms with E-state index in [4.69, 9.17) is 0 Å². The fraction of sp³-hybridized carbons (Fsp3) is 0.833. The molecule has 0 aromatic heterocycles. The Kier molecular flexibility index (Phi) is 14.0. The van der Waals surface area contributed by atoms with Gasteiger partial charge in [-0.25, -0.2) is 0 Å². The van der Waals surface area contributed by atoms with Crippen LogP contribution in [0.3, 0.4) is 0 Å². The monoisotopic (exact) mass is 281 g/mol. The molecule has 20 heavy (non-hydrogen) atoms. The second-order valence-electron chi connectivity index (χ2n) is 6.02. The van der Waals surface area contributed by atoms with Gasteiger partial charge in [0.05, 0.1) is 0 Å². The van der Waals surface area contributed by atoms with E-state index in [0.29, 0.717) is 13.0 Å². The molecule has 0 heterocycles. The minimum atomic E-state index is 0.170. The van der Waals surface area contributed by atoms with Gasteiger partial charge in [0.1, 0.15) is 0 Å². The summed E-state index contributed by atoms with van der Waals surface area (Å²) in [5, 5.41) is 2.88. The predicted octanol–water partition coefficient (Wildman–Crippen LogP) is 5.38. The maximum atomic E-state index is 11.5. The molecule has 0 radical (unpaired) electrons. The van der Waals surface area contributed by atoms with E-state index in [1.165, 1.54) is 64.2 Å². The topological polar surface area (TPSA) is 29.1 Å². The van der Waals surface area contributed by atoms with E-state index in [1.807, 2.05) is 6.92 Å². The molecule has 0 aromatic rings. The summed E-state index contributed by atoms with van der Waals surface area (Å²) in [6.07, 6.45) is 15.2. The lowest BCUT2D eigenvalue weighted by atomic mass is 10.1. The van der Waals surface area contributed by atoms with E-state index in [-0.39, 0.29) is 5.91 Å². The van der Waals surface area contributed by atoms with Crippen molar-refractivity contribution in [2.45, 2.75) is 90.9 Å². The molecule has 0 spiro atoms. The van der Waals surface area contributed by atoms with Crippen LogP contribution >= 0.6 is 0 Å². The van der Waals surface area contributed by atoms with Crippen molar-refractivity contribution in [3.8, 4) is 0 Å². The molecule has 0 unspecified atom stereocenters. The summed E-state index contributed by atoms with van der Waals surface area (Å²) < 4.78 is 0. The van der Waals surface area contributed by atoms with E-state index in [1.54, 1.807) is 0 Å². The minimum absolute atomic E-state index is 0.170. The number of hydrogen-bond donors (Lipinski definition) is 1. The highest BCUT2D eigenvalue weighted by Crippen LogP contribution is 2.11. The zero-order valence-electron chi connectivity index (χ0n) is 13.8. The molecular weight excluding hydrogens is 246 g/mol. The summed E-state index contributed by atoms with van der Waals surface area (Å²) in [5.41, 5.74) is 1.01. The summed E-state index contributed by atoms with van der Waals surface area (Å²) >= 11 is 0. The molecule has 0 aromatic carbocycles. The average Bonchev–Trinajstić information content (AvgIpc) is 2.42. The van der Waals surface area contributed by atoms with E-state index in [0.717, 1.165) is 12.0 Å². The number of nitrogens with one attached hydrogen (secondary N) is 1. The first kappa shape index (κ1) is 19.2. The van der Waals surface area contributed by atoms with Crippen molar-refractivity contribution in [1.82, 2.24) is 5.32 Å². The fourth-order valence-electron chi connectivity index (χ4n) is 2.29. The van der Waals surface area contributed by atoms with Gasteiger partial charge in [-0.3, -0.25) is 4.79 Å². The SMILES string of the molecule is C=C(C)CNC(=O)CCCCCCCCCCCCC. The van der Waals surface area contributed by atoms with Gasteiger partial charge in [-0.05, 0) is 13.3 Å².